The van der Waals surface area contributed by atoms with Gasteiger partial charge in [-0.25, -0.2) is 0 Å². The Kier molecular flexibility index (Phi) is 4.08. The van der Waals surface area contributed by atoms with Crippen molar-refractivity contribution in [3.05, 3.63) is 34.8 Å². The Balaban J connectivity index is 2.13. The molecule has 1 unspecified atom stereocenters. The third-order valence-electron chi connectivity index (χ3n) is 3.12. The normalized spacial score (nSPS) is 23.0. The Labute approximate surface area is 101 Å². The summed E-state index contributed by atoms with van der Waals surface area (Å²) in [5, 5.41) is 10.5. The molecule has 0 aromatic carbocycles. The van der Waals surface area contributed by atoms with Gasteiger partial charge in [0.1, 0.15) is 6.10 Å². The lowest BCUT2D eigenvalue weighted by Gasteiger charge is -2.16. The van der Waals surface area contributed by atoms with Crippen molar-refractivity contribution < 1.29 is 9.52 Å². The molecule has 16 heavy (non-hydrogen) atoms. The van der Waals surface area contributed by atoms with Crippen LogP contribution < -0.4 is 0 Å². The zero-order valence-corrected chi connectivity index (χ0v) is 10.0. The molecule has 1 N–H and O–H groups in total. The average Bonchev–Trinajstić information content (AvgIpc) is 2.63. The van der Waals surface area contributed by atoms with Gasteiger partial charge in [0.15, 0.2) is 5.22 Å². The first-order chi connectivity index (χ1) is 7.79. The second-order valence-corrected chi connectivity index (χ2v) is 4.63. The van der Waals surface area contributed by atoms with Gasteiger partial charge >= 0.3 is 0 Å². The topological polar surface area (TPSA) is 33.4 Å². The minimum atomic E-state index is -0.593. The van der Waals surface area contributed by atoms with Crippen LogP contribution in [0, 0.1) is 0 Å². The molecular weight excluding hydrogens is 224 g/mol. The molecule has 0 saturated heterocycles. The summed E-state index contributed by atoms with van der Waals surface area (Å²) in [6.07, 6.45) is 10.0. The van der Waals surface area contributed by atoms with Gasteiger partial charge in [0.2, 0.25) is 0 Å². The lowest BCUT2D eigenvalue weighted by atomic mass is 9.94. The van der Waals surface area contributed by atoms with Gasteiger partial charge in [-0.05, 0) is 48.9 Å². The van der Waals surface area contributed by atoms with E-state index in [0.717, 1.165) is 24.8 Å². The summed E-state index contributed by atoms with van der Waals surface area (Å²) in [5.41, 5.74) is 1.77. The predicted molar refractivity (Wildman–Crippen MR) is 64.5 cm³/mol. The van der Waals surface area contributed by atoms with Crippen LogP contribution in [0.2, 0.25) is 5.22 Å². The number of rotatable bonds is 2. The maximum absolute atomic E-state index is 10.2. The smallest absolute Gasteiger partial charge is 0.199 e. The highest BCUT2D eigenvalue weighted by atomic mass is 35.5. The van der Waals surface area contributed by atoms with Crippen LogP contribution in [0.15, 0.2) is 28.4 Å². The minimum Gasteiger partial charge on any atom is -0.453 e. The minimum absolute atomic E-state index is 0.301. The van der Waals surface area contributed by atoms with E-state index in [1.807, 2.05) is 0 Å². The van der Waals surface area contributed by atoms with Crippen LogP contribution in [0.5, 0.6) is 0 Å². The number of furan rings is 1. The van der Waals surface area contributed by atoms with Crippen molar-refractivity contribution in [3.8, 4) is 0 Å². The van der Waals surface area contributed by atoms with Crippen LogP contribution in [0.1, 0.15) is 50.2 Å². The Bertz CT molecular complexity index is 368. The SMILES string of the molecule is OC(/C1=C/CCCCCC1)c1ccoc1Cl. The Morgan fingerprint density at radius 2 is 2.06 bits per heavy atom. The number of hydrogen-bond acceptors (Lipinski definition) is 2. The summed E-state index contributed by atoms with van der Waals surface area (Å²) in [4.78, 5) is 0. The fourth-order valence-corrected chi connectivity index (χ4v) is 2.38. The van der Waals surface area contributed by atoms with E-state index in [2.05, 4.69) is 6.08 Å². The van der Waals surface area contributed by atoms with Crippen LogP contribution in [0.25, 0.3) is 0 Å². The highest BCUT2D eigenvalue weighted by Gasteiger charge is 2.18. The number of aliphatic hydroxyl groups excluding tert-OH is 1. The van der Waals surface area contributed by atoms with Gasteiger partial charge in [0.25, 0.3) is 0 Å². The van der Waals surface area contributed by atoms with E-state index >= 15 is 0 Å². The van der Waals surface area contributed by atoms with Crippen molar-refractivity contribution >= 4 is 11.6 Å². The molecular formula is C13H17ClO2. The van der Waals surface area contributed by atoms with Crippen LogP contribution in [-0.2, 0) is 0 Å². The molecule has 0 aliphatic heterocycles. The molecule has 1 heterocycles. The molecule has 2 nitrogen and oxygen atoms in total. The van der Waals surface area contributed by atoms with E-state index in [4.69, 9.17) is 16.0 Å². The standard InChI is InChI=1S/C13H17ClO2/c14-13-11(8-9-16-13)12(15)10-6-4-2-1-3-5-7-10/h6,8-9,12,15H,1-5,7H2/b10-6+. The molecule has 1 aliphatic carbocycles. The highest BCUT2D eigenvalue weighted by Crippen LogP contribution is 2.32. The third-order valence-corrected chi connectivity index (χ3v) is 3.43. The van der Waals surface area contributed by atoms with Crippen molar-refractivity contribution in [2.45, 2.75) is 44.6 Å². The van der Waals surface area contributed by atoms with E-state index < -0.39 is 6.10 Å². The Morgan fingerprint density at radius 3 is 2.81 bits per heavy atom. The summed E-state index contributed by atoms with van der Waals surface area (Å²) >= 11 is 5.87. The van der Waals surface area contributed by atoms with Gasteiger partial charge in [0.05, 0.1) is 6.26 Å². The summed E-state index contributed by atoms with van der Waals surface area (Å²) in [7, 11) is 0. The summed E-state index contributed by atoms with van der Waals surface area (Å²) in [6.45, 7) is 0. The quantitative estimate of drug-likeness (QED) is 0.784. The summed E-state index contributed by atoms with van der Waals surface area (Å²) < 4.78 is 5.01. The fourth-order valence-electron chi connectivity index (χ4n) is 2.16. The molecule has 0 radical (unpaired) electrons. The Morgan fingerprint density at radius 1 is 1.25 bits per heavy atom. The van der Waals surface area contributed by atoms with Crippen molar-refractivity contribution in [2.24, 2.45) is 0 Å². The molecule has 0 bridgehead atoms. The number of halogens is 1. The molecule has 0 saturated carbocycles. The largest absolute Gasteiger partial charge is 0.453 e. The maximum atomic E-state index is 10.2. The van der Waals surface area contributed by atoms with Gasteiger partial charge in [0, 0.05) is 5.56 Å². The lowest BCUT2D eigenvalue weighted by Crippen LogP contribution is -2.03. The van der Waals surface area contributed by atoms with E-state index in [0.29, 0.717) is 10.8 Å². The molecule has 1 aliphatic rings. The van der Waals surface area contributed by atoms with Gasteiger partial charge in [-0.1, -0.05) is 18.9 Å². The monoisotopic (exact) mass is 240 g/mol. The van der Waals surface area contributed by atoms with Gasteiger partial charge in [-0.3, -0.25) is 0 Å². The molecule has 1 aromatic rings. The van der Waals surface area contributed by atoms with Crippen molar-refractivity contribution in [2.75, 3.05) is 0 Å². The van der Waals surface area contributed by atoms with Crippen molar-refractivity contribution in [3.63, 3.8) is 0 Å². The van der Waals surface area contributed by atoms with Crippen LogP contribution in [0.3, 0.4) is 0 Å². The van der Waals surface area contributed by atoms with Crippen molar-refractivity contribution in [1.82, 2.24) is 0 Å². The molecule has 1 aromatic heterocycles. The highest BCUT2D eigenvalue weighted by molar-refractivity contribution is 6.29. The molecule has 2 rings (SSSR count). The average molecular weight is 241 g/mol. The van der Waals surface area contributed by atoms with Crippen LogP contribution in [0.4, 0.5) is 0 Å². The zero-order chi connectivity index (χ0) is 11.4. The second-order valence-electron chi connectivity index (χ2n) is 4.28. The number of hydrogen-bond donors (Lipinski definition) is 1. The predicted octanol–water partition coefficient (Wildman–Crippen LogP) is 4.25. The molecule has 0 spiro atoms. The second kappa shape index (κ2) is 5.55. The molecule has 88 valence electrons. The summed E-state index contributed by atoms with van der Waals surface area (Å²) in [6, 6.07) is 1.74. The lowest BCUT2D eigenvalue weighted by molar-refractivity contribution is 0.208. The van der Waals surface area contributed by atoms with E-state index in [-0.39, 0.29) is 0 Å². The fraction of sp³-hybridized carbons (Fsp3) is 0.538. The number of aliphatic hydroxyl groups is 1. The first-order valence-electron chi connectivity index (χ1n) is 5.89. The first-order valence-corrected chi connectivity index (χ1v) is 6.26. The first kappa shape index (κ1) is 11.7. The van der Waals surface area contributed by atoms with Gasteiger partial charge < -0.3 is 9.52 Å². The molecule has 1 atom stereocenters. The van der Waals surface area contributed by atoms with Crippen LogP contribution >= 0.6 is 11.6 Å². The molecule has 0 fully saturated rings. The molecule has 0 amide bonds. The van der Waals surface area contributed by atoms with Gasteiger partial charge in [-0.2, -0.15) is 0 Å². The van der Waals surface area contributed by atoms with Crippen LogP contribution in [-0.4, -0.2) is 5.11 Å². The van der Waals surface area contributed by atoms with Crippen molar-refractivity contribution in [1.29, 1.82) is 0 Å². The zero-order valence-electron chi connectivity index (χ0n) is 9.29. The number of allylic oxidation sites excluding steroid dienone is 1. The molecule has 3 heteroatoms. The summed E-state index contributed by atoms with van der Waals surface area (Å²) in [5.74, 6) is 0. The van der Waals surface area contributed by atoms with Gasteiger partial charge in [-0.15, -0.1) is 0 Å². The third kappa shape index (κ3) is 2.69. The van der Waals surface area contributed by atoms with E-state index in [9.17, 15) is 5.11 Å². The Hall–Kier alpha value is -0.730. The van der Waals surface area contributed by atoms with E-state index in [1.54, 1.807) is 6.07 Å². The van der Waals surface area contributed by atoms with E-state index in [1.165, 1.54) is 25.5 Å². The maximum Gasteiger partial charge on any atom is 0.199 e.